The maximum atomic E-state index is 13.0. The largest absolute Gasteiger partial charge is 0.486 e. The highest BCUT2D eigenvalue weighted by atomic mass is 16.6. The first kappa shape index (κ1) is 18.5. The van der Waals surface area contributed by atoms with Crippen LogP contribution < -0.4 is 9.47 Å². The summed E-state index contributed by atoms with van der Waals surface area (Å²) in [6.07, 6.45) is 2.75. The van der Waals surface area contributed by atoms with Crippen molar-refractivity contribution in [1.29, 1.82) is 0 Å². The molecule has 0 N–H and O–H groups in total. The molecule has 1 fully saturated rings. The highest BCUT2D eigenvalue weighted by Crippen LogP contribution is 2.40. The summed E-state index contributed by atoms with van der Waals surface area (Å²) in [5.74, 6) is 1.27. The third-order valence-electron chi connectivity index (χ3n) is 4.82. The average molecular weight is 361 g/mol. The van der Waals surface area contributed by atoms with E-state index in [4.69, 9.17) is 14.2 Å². The number of carbonyl (C=O) groups is 2. The first-order valence-electron chi connectivity index (χ1n) is 9.49. The molecule has 0 saturated heterocycles. The third kappa shape index (κ3) is 4.29. The van der Waals surface area contributed by atoms with Gasteiger partial charge in [0.15, 0.2) is 11.5 Å². The maximum absolute atomic E-state index is 13.0. The number of carbonyl (C=O) groups excluding carboxylic acids is 2. The topological polar surface area (TPSA) is 65.1 Å². The van der Waals surface area contributed by atoms with Crippen molar-refractivity contribution in [2.45, 2.75) is 33.1 Å². The van der Waals surface area contributed by atoms with Gasteiger partial charge in [0.2, 0.25) is 0 Å². The maximum Gasteiger partial charge on any atom is 0.309 e. The van der Waals surface area contributed by atoms with Crippen LogP contribution in [0, 0.1) is 11.8 Å². The van der Waals surface area contributed by atoms with Crippen molar-refractivity contribution in [3.63, 3.8) is 0 Å². The molecule has 1 saturated carbocycles. The molecule has 3 rings (SSSR count). The Hall–Kier alpha value is -2.24. The van der Waals surface area contributed by atoms with Gasteiger partial charge in [-0.1, -0.05) is 13.3 Å². The number of benzene rings is 1. The molecule has 26 heavy (non-hydrogen) atoms. The molecule has 0 radical (unpaired) electrons. The van der Waals surface area contributed by atoms with Crippen molar-refractivity contribution in [2.24, 2.45) is 11.8 Å². The van der Waals surface area contributed by atoms with Crippen molar-refractivity contribution in [3.8, 4) is 11.5 Å². The van der Waals surface area contributed by atoms with Crippen LogP contribution >= 0.6 is 0 Å². The van der Waals surface area contributed by atoms with Crippen LogP contribution in [0.15, 0.2) is 18.2 Å². The van der Waals surface area contributed by atoms with E-state index in [1.807, 2.05) is 11.8 Å². The molecule has 6 nitrogen and oxygen atoms in total. The van der Waals surface area contributed by atoms with E-state index in [-0.39, 0.29) is 23.7 Å². The number of rotatable bonds is 8. The quantitative estimate of drug-likeness (QED) is 0.666. The molecule has 1 aromatic rings. The lowest BCUT2D eigenvalue weighted by atomic mass is 10.1. The van der Waals surface area contributed by atoms with Gasteiger partial charge in [-0.25, -0.2) is 0 Å². The smallest absolute Gasteiger partial charge is 0.309 e. The first-order valence-corrected chi connectivity index (χ1v) is 9.49. The van der Waals surface area contributed by atoms with Crippen molar-refractivity contribution in [1.82, 2.24) is 4.90 Å². The Morgan fingerprint density at radius 2 is 1.96 bits per heavy atom. The molecule has 0 bridgehead atoms. The van der Waals surface area contributed by atoms with Gasteiger partial charge in [-0.05, 0) is 43.9 Å². The number of unbranched alkanes of at least 4 members (excludes halogenated alkanes) is 1. The highest BCUT2D eigenvalue weighted by Gasteiger charge is 2.45. The van der Waals surface area contributed by atoms with Crippen LogP contribution in [0.3, 0.4) is 0 Å². The summed E-state index contributed by atoms with van der Waals surface area (Å²) in [7, 11) is 0. The van der Waals surface area contributed by atoms with E-state index in [0.717, 1.165) is 19.3 Å². The average Bonchev–Trinajstić information content (AvgIpc) is 3.43. The van der Waals surface area contributed by atoms with Gasteiger partial charge in [0, 0.05) is 18.7 Å². The fourth-order valence-electron chi connectivity index (χ4n) is 3.25. The predicted molar refractivity (Wildman–Crippen MR) is 96.5 cm³/mol. The lowest BCUT2D eigenvalue weighted by Gasteiger charge is -2.24. The summed E-state index contributed by atoms with van der Waals surface area (Å²) in [6, 6.07) is 5.33. The Morgan fingerprint density at radius 1 is 1.19 bits per heavy atom. The van der Waals surface area contributed by atoms with Gasteiger partial charge in [-0.2, -0.15) is 0 Å². The lowest BCUT2D eigenvalue weighted by molar-refractivity contribution is -0.145. The van der Waals surface area contributed by atoms with Gasteiger partial charge >= 0.3 is 5.97 Å². The Labute approximate surface area is 154 Å². The molecule has 0 spiro atoms. The molecule has 6 heteroatoms. The van der Waals surface area contributed by atoms with Gasteiger partial charge in [0.25, 0.3) is 5.91 Å². The van der Waals surface area contributed by atoms with Gasteiger partial charge < -0.3 is 19.1 Å². The molecule has 142 valence electrons. The van der Waals surface area contributed by atoms with Crippen molar-refractivity contribution in [3.05, 3.63) is 23.8 Å². The fourth-order valence-corrected chi connectivity index (χ4v) is 3.25. The minimum Gasteiger partial charge on any atom is -0.486 e. The summed E-state index contributed by atoms with van der Waals surface area (Å²) >= 11 is 0. The highest BCUT2D eigenvalue weighted by molar-refractivity contribution is 5.95. The number of esters is 1. The second-order valence-electron chi connectivity index (χ2n) is 6.82. The second kappa shape index (κ2) is 8.43. The van der Waals surface area contributed by atoms with E-state index in [0.29, 0.717) is 50.0 Å². The third-order valence-corrected chi connectivity index (χ3v) is 4.82. The molecule has 1 heterocycles. The van der Waals surface area contributed by atoms with Crippen LogP contribution in [0.1, 0.15) is 43.5 Å². The summed E-state index contributed by atoms with van der Waals surface area (Å²) in [6.45, 7) is 6.62. The van der Waals surface area contributed by atoms with Crippen LogP contribution in [0.5, 0.6) is 11.5 Å². The van der Waals surface area contributed by atoms with Crippen molar-refractivity contribution >= 4 is 11.9 Å². The van der Waals surface area contributed by atoms with E-state index in [1.54, 1.807) is 18.2 Å². The molecule has 0 unspecified atom stereocenters. The molecule has 2 aliphatic rings. The Kier molecular flexibility index (Phi) is 6.01. The van der Waals surface area contributed by atoms with E-state index in [1.165, 1.54) is 0 Å². The zero-order valence-corrected chi connectivity index (χ0v) is 15.5. The Morgan fingerprint density at radius 3 is 2.69 bits per heavy atom. The molecule has 1 aromatic carbocycles. The van der Waals surface area contributed by atoms with Gasteiger partial charge in [0.1, 0.15) is 13.2 Å². The van der Waals surface area contributed by atoms with E-state index < -0.39 is 0 Å². The lowest BCUT2D eigenvalue weighted by Crippen LogP contribution is -2.34. The Bertz CT molecular complexity index is 660. The van der Waals surface area contributed by atoms with Gasteiger partial charge in [-0.3, -0.25) is 9.59 Å². The van der Waals surface area contributed by atoms with Crippen LogP contribution in [0.4, 0.5) is 0 Å². The number of amides is 1. The van der Waals surface area contributed by atoms with E-state index >= 15 is 0 Å². The number of ether oxygens (including phenoxy) is 3. The van der Waals surface area contributed by atoms with Crippen molar-refractivity contribution in [2.75, 3.05) is 32.9 Å². The number of hydrogen-bond acceptors (Lipinski definition) is 5. The molecule has 1 amide bonds. The van der Waals surface area contributed by atoms with E-state index in [2.05, 4.69) is 6.92 Å². The SMILES string of the molecule is CCCCN(C[C@@H]1C[C@H]1C(=O)OCC)C(=O)c1ccc2c(c1)OCCO2. The molecular weight excluding hydrogens is 334 g/mol. The summed E-state index contributed by atoms with van der Waals surface area (Å²) in [5.41, 5.74) is 0.596. The first-order chi connectivity index (χ1) is 12.6. The minimum absolute atomic E-state index is 0.0232. The van der Waals surface area contributed by atoms with Crippen LogP contribution in [0.2, 0.25) is 0 Å². The Balaban J connectivity index is 1.67. The van der Waals surface area contributed by atoms with Crippen LogP contribution in [0.25, 0.3) is 0 Å². The predicted octanol–water partition coefficient (Wildman–Crippen LogP) is 2.90. The number of fused-ring (bicyclic) bond motifs is 1. The normalized spacial score (nSPS) is 20.4. The number of nitrogens with zero attached hydrogens (tertiary/aromatic N) is 1. The van der Waals surface area contributed by atoms with E-state index in [9.17, 15) is 9.59 Å². The van der Waals surface area contributed by atoms with Gasteiger partial charge in [0.05, 0.1) is 12.5 Å². The molecule has 1 aliphatic heterocycles. The molecule has 2 atom stereocenters. The monoisotopic (exact) mass is 361 g/mol. The molecular formula is C20H27NO5. The molecule has 0 aromatic heterocycles. The standard InChI is InChI=1S/C20H27NO5/c1-3-5-8-21(13-15-11-16(15)20(23)24-4-2)19(22)14-6-7-17-18(12-14)26-10-9-25-17/h6-7,12,15-16H,3-5,8-11,13H2,1-2H3/t15-,16+/m0/s1. The zero-order valence-electron chi connectivity index (χ0n) is 15.5. The summed E-state index contributed by atoms with van der Waals surface area (Å²) in [5, 5.41) is 0. The zero-order chi connectivity index (χ0) is 18.5. The van der Waals surface area contributed by atoms with Gasteiger partial charge in [-0.15, -0.1) is 0 Å². The molecule has 1 aliphatic carbocycles. The summed E-state index contributed by atoms with van der Waals surface area (Å²) < 4.78 is 16.2. The number of hydrogen-bond donors (Lipinski definition) is 0. The van der Waals surface area contributed by atoms with Crippen LogP contribution in [-0.2, 0) is 9.53 Å². The van der Waals surface area contributed by atoms with Crippen molar-refractivity contribution < 1.29 is 23.8 Å². The minimum atomic E-state index is -0.139. The summed E-state index contributed by atoms with van der Waals surface area (Å²) in [4.78, 5) is 26.7. The fraction of sp³-hybridized carbons (Fsp3) is 0.600. The second-order valence-corrected chi connectivity index (χ2v) is 6.82. The van der Waals surface area contributed by atoms with Crippen LogP contribution in [-0.4, -0.2) is 49.7 Å².